The molecule has 0 spiro atoms. The minimum absolute atomic E-state index is 0.171. The normalized spacial score (nSPS) is 20.1. The number of hydrogen-bond donors (Lipinski definition) is 1. The highest BCUT2D eigenvalue weighted by Gasteiger charge is 2.38. The summed E-state index contributed by atoms with van der Waals surface area (Å²) in [6.07, 6.45) is 12.3. The summed E-state index contributed by atoms with van der Waals surface area (Å²) in [4.78, 5) is 13.4. The number of carbonyl (C=O) groups is 1. The van der Waals surface area contributed by atoms with Crippen molar-refractivity contribution in [3.63, 3.8) is 0 Å². The van der Waals surface area contributed by atoms with Crippen LogP contribution in [0.3, 0.4) is 0 Å². The zero-order chi connectivity index (χ0) is 19.1. The van der Waals surface area contributed by atoms with Gasteiger partial charge in [-0.05, 0) is 42.9 Å². The molecule has 2 aliphatic rings. The van der Waals surface area contributed by atoms with Crippen LogP contribution in [-0.4, -0.2) is 41.7 Å². The highest BCUT2D eigenvalue weighted by Crippen LogP contribution is 2.34. The Hall–Kier alpha value is -1.55. The van der Waals surface area contributed by atoms with Gasteiger partial charge in [0.05, 0.1) is 12.5 Å². The third-order valence-corrected chi connectivity index (χ3v) is 6.20. The number of hydrogen-bond acceptors (Lipinski definition) is 3. The van der Waals surface area contributed by atoms with Crippen LogP contribution in [0.25, 0.3) is 0 Å². The Labute approximate surface area is 163 Å². The van der Waals surface area contributed by atoms with Crippen LogP contribution in [0, 0.1) is 5.92 Å². The van der Waals surface area contributed by atoms with Crippen molar-refractivity contribution in [2.75, 3.05) is 19.7 Å². The lowest BCUT2D eigenvalue weighted by atomic mass is 9.84. The van der Waals surface area contributed by atoms with Crippen LogP contribution in [0.2, 0.25) is 0 Å². The molecule has 150 valence electrons. The summed E-state index contributed by atoms with van der Waals surface area (Å²) in [5, 5.41) is 9.11. The van der Waals surface area contributed by atoms with Gasteiger partial charge in [-0.2, -0.15) is 0 Å². The minimum Gasteiger partial charge on any atom is -0.493 e. The maximum Gasteiger partial charge on any atom is 0.309 e. The molecule has 1 heterocycles. The number of fused-ring (bicyclic) bond motifs is 1. The predicted molar refractivity (Wildman–Crippen MR) is 108 cm³/mol. The van der Waals surface area contributed by atoms with Gasteiger partial charge in [-0.1, -0.05) is 57.6 Å². The molecule has 4 heteroatoms. The molecule has 1 aromatic rings. The number of rotatable bonds is 11. The summed E-state index contributed by atoms with van der Waals surface area (Å²) < 4.78 is 6.16. The number of carboxylic acids is 1. The van der Waals surface area contributed by atoms with Crippen molar-refractivity contribution in [3.8, 4) is 5.75 Å². The monoisotopic (exact) mass is 373 g/mol. The van der Waals surface area contributed by atoms with E-state index in [1.807, 2.05) is 0 Å². The van der Waals surface area contributed by atoms with Gasteiger partial charge < -0.3 is 9.84 Å². The molecule has 1 fully saturated rings. The molecule has 1 aliphatic heterocycles. The lowest BCUT2D eigenvalue weighted by molar-refractivity contribution is -0.148. The topological polar surface area (TPSA) is 49.8 Å². The van der Waals surface area contributed by atoms with E-state index in [1.165, 1.54) is 49.7 Å². The zero-order valence-electron chi connectivity index (χ0n) is 16.8. The molecule has 0 saturated carbocycles. The molecule has 4 nitrogen and oxygen atoms in total. The predicted octanol–water partition coefficient (Wildman–Crippen LogP) is 4.69. The van der Waals surface area contributed by atoms with Crippen molar-refractivity contribution in [1.82, 2.24) is 4.90 Å². The van der Waals surface area contributed by atoms with Crippen LogP contribution in [0.5, 0.6) is 5.75 Å². The maximum atomic E-state index is 11.1. The second-order valence-corrected chi connectivity index (χ2v) is 8.25. The fraction of sp³-hybridized carbons (Fsp3) is 0.696. The van der Waals surface area contributed by atoms with Gasteiger partial charge in [0.2, 0.25) is 0 Å². The summed E-state index contributed by atoms with van der Waals surface area (Å²) in [5.41, 5.74) is 2.77. The first-order valence-electron chi connectivity index (χ1n) is 10.9. The van der Waals surface area contributed by atoms with E-state index in [4.69, 9.17) is 9.84 Å². The Morgan fingerprint density at radius 2 is 1.89 bits per heavy atom. The fourth-order valence-corrected chi connectivity index (χ4v) is 4.39. The highest BCUT2D eigenvalue weighted by molar-refractivity contribution is 5.71. The van der Waals surface area contributed by atoms with Gasteiger partial charge in [0.25, 0.3) is 0 Å². The van der Waals surface area contributed by atoms with Crippen LogP contribution in [0.4, 0.5) is 0 Å². The van der Waals surface area contributed by atoms with Crippen molar-refractivity contribution in [2.24, 2.45) is 5.92 Å². The molecule has 0 amide bonds. The summed E-state index contributed by atoms with van der Waals surface area (Å²) in [5.74, 6) is 0.231. The first-order chi connectivity index (χ1) is 13.2. The molecule has 1 aromatic carbocycles. The van der Waals surface area contributed by atoms with Crippen molar-refractivity contribution in [1.29, 1.82) is 0 Å². The number of likely N-dealkylation sites (tertiary alicyclic amines) is 1. The van der Waals surface area contributed by atoms with Crippen LogP contribution in [-0.2, 0) is 17.6 Å². The van der Waals surface area contributed by atoms with Crippen LogP contribution < -0.4 is 4.74 Å². The second kappa shape index (κ2) is 10.1. The standard InChI is InChI=1S/C23H35NO3/c1-2-3-4-5-6-7-8-14-27-22-11-9-10-18-12-13-20(15-21(18)22)24-16-19(17-24)23(25)26/h9-11,19-20H,2-8,12-17H2,1H3,(H,25,26). The third-order valence-electron chi connectivity index (χ3n) is 6.20. The summed E-state index contributed by atoms with van der Waals surface area (Å²) >= 11 is 0. The molecule has 1 atom stereocenters. The zero-order valence-corrected chi connectivity index (χ0v) is 16.8. The van der Waals surface area contributed by atoms with Crippen molar-refractivity contribution in [2.45, 2.75) is 77.2 Å². The Morgan fingerprint density at radius 3 is 2.63 bits per heavy atom. The first-order valence-corrected chi connectivity index (χ1v) is 10.9. The molecule has 0 bridgehead atoms. The van der Waals surface area contributed by atoms with E-state index in [-0.39, 0.29) is 5.92 Å². The van der Waals surface area contributed by atoms with Gasteiger partial charge >= 0.3 is 5.97 Å². The van der Waals surface area contributed by atoms with Crippen molar-refractivity contribution >= 4 is 5.97 Å². The molecular formula is C23H35NO3. The Kier molecular flexibility index (Phi) is 7.57. The van der Waals surface area contributed by atoms with Crippen LogP contribution >= 0.6 is 0 Å². The largest absolute Gasteiger partial charge is 0.493 e. The fourth-order valence-electron chi connectivity index (χ4n) is 4.39. The van der Waals surface area contributed by atoms with E-state index in [0.717, 1.165) is 38.0 Å². The van der Waals surface area contributed by atoms with Gasteiger partial charge in [0, 0.05) is 19.1 Å². The van der Waals surface area contributed by atoms with E-state index < -0.39 is 5.97 Å². The summed E-state index contributed by atoms with van der Waals surface area (Å²) in [6, 6.07) is 6.92. The Bertz CT molecular complexity index is 610. The number of aryl methyl sites for hydroxylation is 1. The number of carboxylic acid groups (broad SMARTS) is 1. The van der Waals surface area contributed by atoms with Gasteiger partial charge in [0.1, 0.15) is 5.75 Å². The first kappa shape index (κ1) is 20.2. The van der Waals surface area contributed by atoms with Gasteiger partial charge in [-0.15, -0.1) is 0 Å². The molecule has 1 saturated heterocycles. The lowest BCUT2D eigenvalue weighted by Crippen LogP contribution is -2.56. The Morgan fingerprint density at radius 1 is 1.15 bits per heavy atom. The molecule has 0 aromatic heterocycles. The lowest BCUT2D eigenvalue weighted by Gasteiger charge is -2.44. The van der Waals surface area contributed by atoms with Gasteiger partial charge in [-0.3, -0.25) is 9.69 Å². The number of aliphatic carboxylic acids is 1. The van der Waals surface area contributed by atoms with E-state index in [9.17, 15) is 4.79 Å². The molecule has 1 aliphatic carbocycles. The number of benzene rings is 1. The maximum absolute atomic E-state index is 11.1. The van der Waals surface area contributed by atoms with E-state index >= 15 is 0 Å². The Balaban J connectivity index is 1.44. The molecule has 3 rings (SSSR count). The molecule has 1 unspecified atom stereocenters. The third kappa shape index (κ3) is 5.47. The van der Waals surface area contributed by atoms with E-state index in [0.29, 0.717) is 19.1 Å². The molecular weight excluding hydrogens is 338 g/mol. The highest BCUT2D eigenvalue weighted by atomic mass is 16.5. The van der Waals surface area contributed by atoms with Gasteiger partial charge in [-0.25, -0.2) is 0 Å². The van der Waals surface area contributed by atoms with Crippen molar-refractivity contribution in [3.05, 3.63) is 29.3 Å². The smallest absolute Gasteiger partial charge is 0.309 e. The number of unbranched alkanes of at least 4 members (excludes halogenated alkanes) is 6. The average Bonchev–Trinajstić information content (AvgIpc) is 2.62. The average molecular weight is 374 g/mol. The van der Waals surface area contributed by atoms with Crippen LogP contribution in [0.1, 0.15) is 69.4 Å². The van der Waals surface area contributed by atoms with Gasteiger partial charge in [0.15, 0.2) is 0 Å². The molecule has 1 N–H and O–H groups in total. The van der Waals surface area contributed by atoms with Crippen LogP contribution in [0.15, 0.2) is 18.2 Å². The summed E-state index contributed by atoms with van der Waals surface area (Å²) in [7, 11) is 0. The SMILES string of the molecule is CCCCCCCCCOc1cccc2c1CC(N1CC(C(=O)O)C1)CC2. The minimum atomic E-state index is -0.652. The number of nitrogens with zero attached hydrogens (tertiary/aromatic N) is 1. The molecule has 27 heavy (non-hydrogen) atoms. The number of ether oxygens (including phenoxy) is 1. The van der Waals surface area contributed by atoms with E-state index in [1.54, 1.807) is 0 Å². The quantitative estimate of drug-likeness (QED) is 0.572. The second-order valence-electron chi connectivity index (χ2n) is 8.25. The summed E-state index contributed by atoms with van der Waals surface area (Å²) in [6.45, 7) is 4.47. The van der Waals surface area contributed by atoms with Crippen molar-refractivity contribution < 1.29 is 14.6 Å². The van der Waals surface area contributed by atoms with E-state index in [2.05, 4.69) is 30.0 Å². The molecule has 0 radical (unpaired) electrons.